The molecule has 3 heterocycles. The van der Waals surface area contributed by atoms with Gasteiger partial charge in [0.05, 0.1) is 18.3 Å². The Morgan fingerprint density at radius 2 is 1.97 bits per heavy atom. The molecule has 0 fully saturated rings. The van der Waals surface area contributed by atoms with Gasteiger partial charge < -0.3 is 14.5 Å². The molecule has 0 saturated heterocycles. The van der Waals surface area contributed by atoms with Crippen molar-refractivity contribution in [2.24, 2.45) is 0 Å². The van der Waals surface area contributed by atoms with Crippen LogP contribution in [0.25, 0.3) is 11.1 Å². The molecule has 2 aromatic heterocycles. The Hall–Kier alpha value is -3.83. The molecule has 7 nitrogen and oxygen atoms in total. The number of rotatable bonds is 9. The lowest BCUT2D eigenvalue weighted by Gasteiger charge is -2.35. The van der Waals surface area contributed by atoms with Crippen LogP contribution in [0.5, 0.6) is 5.75 Å². The van der Waals surface area contributed by atoms with Crippen LogP contribution in [0.3, 0.4) is 0 Å². The van der Waals surface area contributed by atoms with E-state index in [1.54, 1.807) is 19.1 Å². The van der Waals surface area contributed by atoms with E-state index in [1.165, 1.54) is 12.3 Å². The maximum absolute atomic E-state index is 14.0. The second-order valence-electron chi connectivity index (χ2n) is 9.66. The SMILES string of the molecule is CCOc1cc(C(C)N2CCc3c(cc(CCN(C)CC)cc3-c3ccc(F)nc3C)C2=O)ncc1C#N. The van der Waals surface area contributed by atoms with Crippen LogP contribution in [-0.2, 0) is 12.8 Å². The van der Waals surface area contributed by atoms with Crippen LogP contribution in [0.1, 0.15) is 65.2 Å². The zero-order valence-electron chi connectivity index (χ0n) is 22.7. The fraction of sp³-hybridized carbons (Fsp3) is 0.400. The number of amides is 1. The number of ether oxygens (including phenoxy) is 1. The molecule has 0 aliphatic carbocycles. The third-order valence-corrected chi connectivity index (χ3v) is 7.27. The van der Waals surface area contributed by atoms with Crippen LogP contribution in [-0.4, -0.2) is 59.0 Å². The zero-order valence-corrected chi connectivity index (χ0v) is 22.7. The highest BCUT2D eigenvalue weighted by molar-refractivity contribution is 5.99. The lowest BCUT2D eigenvalue weighted by molar-refractivity contribution is 0.0669. The molecule has 8 heteroatoms. The first kappa shape index (κ1) is 27.2. The Balaban J connectivity index is 1.74. The van der Waals surface area contributed by atoms with Gasteiger partial charge >= 0.3 is 0 Å². The molecule has 1 amide bonds. The molecule has 4 rings (SSSR count). The smallest absolute Gasteiger partial charge is 0.254 e. The van der Waals surface area contributed by atoms with Gasteiger partial charge in [0.1, 0.15) is 17.4 Å². The van der Waals surface area contributed by atoms with Gasteiger partial charge in [-0.3, -0.25) is 9.78 Å². The Morgan fingerprint density at radius 3 is 2.66 bits per heavy atom. The second kappa shape index (κ2) is 11.7. The number of pyridine rings is 2. The third kappa shape index (κ3) is 5.53. The van der Waals surface area contributed by atoms with E-state index >= 15 is 0 Å². The molecular formula is C30H34FN5O2. The van der Waals surface area contributed by atoms with E-state index in [0.29, 0.717) is 47.8 Å². The minimum Gasteiger partial charge on any atom is -0.492 e. The summed E-state index contributed by atoms with van der Waals surface area (Å²) in [6, 6.07) is 10.8. The molecule has 38 heavy (non-hydrogen) atoms. The highest BCUT2D eigenvalue weighted by Gasteiger charge is 2.32. The van der Waals surface area contributed by atoms with Gasteiger partial charge in [-0.2, -0.15) is 9.65 Å². The number of aryl methyl sites for hydroxylation is 1. The summed E-state index contributed by atoms with van der Waals surface area (Å²) in [5.74, 6) is -0.110. The van der Waals surface area contributed by atoms with E-state index in [2.05, 4.69) is 41.0 Å². The molecule has 1 atom stereocenters. The Morgan fingerprint density at radius 1 is 1.21 bits per heavy atom. The van der Waals surface area contributed by atoms with E-state index < -0.39 is 5.95 Å². The molecule has 1 aliphatic heterocycles. The van der Waals surface area contributed by atoms with Crippen molar-refractivity contribution in [2.45, 2.75) is 46.6 Å². The number of fused-ring (bicyclic) bond motifs is 1. The predicted octanol–water partition coefficient (Wildman–Crippen LogP) is 5.12. The fourth-order valence-electron chi connectivity index (χ4n) is 4.93. The summed E-state index contributed by atoms with van der Waals surface area (Å²) in [5, 5.41) is 9.39. The van der Waals surface area contributed by atoms with Gasteiger partial charge in [-0.05, 0) is 82.1 Å². The molecule has 1 unspecified atom stereocenters. The van der Waals surface area contributed by atoms with Gasteiger partial charge in [-0.15, -0.1) is 0 Å². The van der Waals surface area contributed by atoms with Crippen molar-refractivity contribution in [3.8, 4) is 22.9 Å². The molecular weight excluding hydrogens is 481 g/mol. The van der Waals surface area contributed by atoms with Gasteiger partial charge in [0.25, 0.3) is 5.91 Å². The molecule has 3 aromatic rings. The summed E-state index contributed by atoms with van der Waals surface area (Å²) >= 11 is 0. The topological polar surface area (TPSA) is 82.3 Å². The minimum atomic E-state index is -0.516. The van der Waals surface area contributed by atoms with Crippen molar-refractivity contribution in [1.82, 2.24) is 19.8 Å². The van der Waals surface area contributed by atoms with Crippen molar-refractivity contribution >= 4 is 5.91 Å². The van der Waals surface area contributed by atoms with Gasteiger partial charge in [-0.1, -0.05) is 13.0 Å². The normalized spacial score (nSPS) is 13.8. The lowest BCUT2D eigenvalue weighted by atomic mass is 9.86. The Labute approximate surface area is 223 Å². The van der Waals surface area contributed by atoms with Crippen molar-refractivity contribution in [3.05, 3.63) is 76.1 Å². The molecule has 1 aromatic carbocycles. The molecule has 0 saturated carbocycles. The number of hydrogen-bond acceptors (Lipinski definition) is 6. The Kier molecular flexibility index (Phi) is 8.38. The largest absolute Gasteiger partial charge is 0.492 e. The van der Waals surface area contributed by atoms with Gasteiger partial charge in [0.2, 0.25) is 5.95 Å². The van der Waals surface area contributed by atoms with Crippen LogP contribution < -0.4 is 4.74 Å². The zero-order chi connectivity index (χ0) is 27.4. The number of aromatic nitrogens is 2. The number of nitriles is 1. The first-order valence-electron chi connectivity index (χ1n) is 13.1. The predicted molar refractivity (Wildman–Crippen MR) is 145 cm³/mol. The number of halogens is 1. The van der Waals surface area contributed by atoms with E-state index in [0.717, 1.165) is 41.8 Å². The van der Waals surface area contributed by atoms with E-state index in [9.17, 15) is 14.4 Å². The number of carbonyl (C=O) groups is 1. The first-order chi connectivity index (χ1) is 18.3. The van der Waals surface area contributed by atoms with Crippen molar-refractivity contribution in [2.75, 3.05) is 33.3 Å². The maximum Gasteiger partial charge on any atom is 0.254 e. The first-order valence-corrected chi connectivity index (χ1v) is 13.1. The third-order valence-electron chi connectivity index (χ3n) is 7.27. The standard InChI is InChI=1S/C30H34FN5O2/c1-6-35(5)12-10-21-14-25(23-8-9-29(31)34-19(23)3)24-11-13-36(30(37)26(24)15-21)20(4)27-16-28(38-7-2)22(17-32)18-33-27/h8-9,14-16,18,20H,6-7,10-13H2,1-5H3. The number of likely N-dealkylation sites (N-methyl/N-ethyl adjacent to an activating group) is 1. The summed E-state index contributed by atoms with van der Waals surface area (Å²) in [7, 11) is 2.07. The minimum absolute atomic E-state index is 0.0671. The van der Waals surface area contributed by atoms with Crippen molar-refractivity contribution in [3.63, 3.8) is 0 Å². The average molecular weight is 516 g/mol. The van der Waals surface area contributed by atoms with Crippen LogP contribution in [0.15, 0.2) is 36.5 Å². The van der Waals surface area contributed by atoms with Crippen molar-refractivity contribution in [1.29, 1.82) is 5.26 Å². The molecule has 198 valence electrons. The number of hydrogen-bond donors (Lipinski definition) is 0. The summed E-state index contributed by atoms with van der Waals surface area (Å²) in [5.41, 5.74) is 6.11. The van der Waals surface area contributed by atoms with Crippen molar-refractivity contribution < 1.29 is 13.9 Å². The number of carbonyl (C=O) groups excluding carboxylic acids is 1. The molecule has 0 spiro atoms. The van der Waals surface area contributed by atoms with E-state index in [-0.39, 0.29) is 11.9 Å². The average Bonchev–Trinajstić information content (AvgIpc) is 2.91. The highest BCUT2D eigenvalue weighted by Crippen LogP contribution is 2.36. The quantitative estimate of drug-likeness (QED) is 0.368. The molecule has 1 aliphatic rings. The summed E-state index contributed by atoms with van der Waals surface area (Å²) < 4.78 is 19.4. The summed E-state index contributed by atoms with van der Waals surface area (Å²) in [6.45, 7) is 10.5. The molecule has 0 bridgehead atoms. The summed E-state index contributed by atoms with van der Waals surface area (Å²) in [6.07, 6.45) is 2.95. The van der Waals surface area contributed by atoms with Crippen LogP contribution >= 0.6 is 0 Å². The number of nitrogens with zero attached hydrogens (tertiary/aromatic N) is 5. The van der Waals surface area contributed by atoms with Gasteiger partial charge in [0, 0.05) is 42.2 Å². The highest BCUT2D eigenvalue weighted by atomic mass is 19.1. The lowest BCUT2D eigenvalue weighted by Crippen LogP contribution is -2.40. The van der Waals surface area contributed by atoms with E-state index in [1.807, 2.05) is 24.8 Å². The van der Waals surface area contributed by atoms with E-state index in [4.69, 9.17) is 4.74 Å². The monoisotopic (exact) mass is 515 g/mol. The summed E-state index contributed by atoms with van der Waals surface area (Å²) in [4.78, 5) is 26.5. The number of benzene rings is 1. The fourth-order valence-corrected chi connectivity index (χ4v) is 4.93. The molecule has 0 N–H and O–H groups in total. The maximum atomic E-state index is 14.0. The second-order valence-corrected chi connectivity index (χ2v) is 9.66. The molecule has 0 radical (unpaired) electrons. The van der Waals surface area contributed by atoms with Crippen LogP contribution in [0, 0.1) is 24.2 Å². The van der Waals surface area contributed by atoms with Crippen LogP contribution in [0.4, 0.5) is 4.39 Å². The van der Waals surface area contributed by atoms with Crippen LogP contribution in [0.2, 0.25) is 0 Å². The van der Waals surface area contributed by atoms with Gasteiger partial charge in [0.15, 0.2) is 0 Å². The van der Waals surface area contributed by atoms with Gasteiger partial charge in [-0.25, -0.2) is 4.98 Å². The Bertz CT molecular complexity index is 1380.